The van der Waals surface area contributed by atoms with E-state index in [0.717, 1.165) is 23.8 Å². The summed E-state index contributed by atoms with van der Waals surface area (Å²) in [5.41, 5.74) is 6.93. The molecule has 0 radical (unpaired) electrons. The number of piperidine rings is 1. The number of rotatable bonds is 2. The monoisotopic (exact) mass is 294 g/mol. The van der Waals surface area contributed by atoms with Crippen LogP contribution in [-0.4, -0.2) is 30.1 Å². The van der Waals surface area contributed by atoms with Crippen molar-refractivity contribution in [3.8, 4) is 0 Å². The molecule has 2 heteroatoms. The Hall–Kier alpha value is -0.0800. The Morgan fingerprint density at radius 3 is 2.33 bits per heavy atom. The van der Waals surface area contributed by atoms with Gasteiger partial charge in [-0.15, -0.1) is 0 Å². The molecule has 1 aliphatic heterocycles. The second kappa shape index (κ2) is 6.58. The van der Waals surface area contributed by atoms with Gasteiger partial charge in [-0.1, -0.05) is 34.6 Å². The van der Waals surface area contributed by atoms with Crippen molar-refractivity contribution in [3.05, 3.63) is 0 Å². The summed E-state index contributed by atoms with van der Waals surface area (Å²) in [5.74, 6) is 3.21. The van der Waals surface area contributed by atoms with Crippen LogP contribution in [0.1, 0.15) is 67.2 Å². The number of hydrogen-bond donors (Lipinski definition) is 1. The van der Waals surface area contributed by atoms with Crippen molar-refractivity contribution in [1.29, 1.82) is 0 Å². The SMILES string of the molecule is CC1CC(C)C(C)N(CC2CC(C(C)(C)C)CCC2N)C1. The Balaban J connectivity index is 1.99. The third-order valence-corrected chi connectivity index (χ3v) is 6.45. The van der Waals surface area contributed by atoms with E-state index >= 15 is 0 Å². The van der Waals surface area contributed by atoms with Crippen LogP contribution in [0, 0.1) is 29.1 Å². The van der Waals surface area contributed by atoms with Gasteiger partial charge in [0.2, 0.25) is 0 Å². The Bertz CT molecular complexity index is 333. The first-order valence-corrected chi connectivity index (χ1v) is 9.18. The van der Waals surface area contributed by atoms with Crippen LogP contribution in [0.2, 0.25) is 0 Å². The highest BCUT2D eigenvalue weighted by molar-refractivity contribution is 4.91. The van der Waals surface area contributed by atoms with Crippen LogP contribution in [0.25, 0.3) is 0 Å². The average molecular weight is 295 g/mol. The van der Waals surface area contributed by atoms with Crippen LogP contribution in [0.15, 0.2) is 0 Å². The van der Waals surface area contributed by atoms with Crippen molar-refractivity contribution in [2.24, 2.45) is 34.8 Å². The van der Waals surface area contributed by atoms with E-state index in [-0.39, 0.29) is 0 Å². The van der Waals surface area contributed by atoms with E-state index in [9.17, 15) is 0 Å². The van der Waals surface area contributed by atoms with Gasteiger partial charge in [0.05, 0.1) is 0 Å². The Morgan fingerprint density at radius 2 is 1.71 bits per heavy atom. The molecule has 0 spiro atoms. The minimum absolute atomic E-state index is 0.420. The predicted octanol–water partition coefficient (Wildman–Crippen LogP) is 4.14. The quantitative estimate of drug-likeness (QED) is 0.829. The van der Waals surface area contributed by atoms with Crippen molar-refractivity contribution in [3.63, 3.8) is 0 Å². The van der Waals surface area contributed by atoms with Gasteiger partial charge in [-0.2, -0.15) is 0 Å². The molecule has 0 aromatic rings. The van der Waals surface area contributed by atoms with Crippen LogP contribution in [0.5, 0.6) is 0 Å². The highest BCUT2D eigenvalue weighted by Gasteiger charge is 2.37. The fourth-order valence-corrected chi connectivity index (χ4v) is 4.66. The van der Waals surface area contributed by atoms with E-state index in [1.54, 1.807) is 0 Å². The first-order chi connectivity index (χ1) is 9.68. The largest absolute Gasteiger partial charge is 0.327 e. The van der Waals surface area contributed by atoms with Crippen LogP contribution < -0.4 is 5.73 Å². The lowest BCUT2D eigenvalue weighted by Gasteiger charge is -2.46. The standard InChI is InChI=1S/C19H38N2/c1-13-9-14(2)15(3)21(11-13)12-16-10-17(19(4,5)6)7-8-18(16)20/h13-18H,7-12,20H2,1-6H3. The average Bonchev–Trinajstić information content (AvgIpc) is 2.36. The van der Waals surface area contributed by atoms with Gasteiger partial charge in [0, 0.05) is 25.2 Å². The van der Waals surface area contributed by atoms with E-state index in [4.69, 9.17) is 5.73 Å². The molecular formula is C19H38N2. The minimum Gasteiger partial charge on any atom is -0.327 e. The molecule has 0 amide bonds. The third kappa shape index (κ3) is 4.22. The van der Waals surface area contributed by atoms with E-state index in [1.807, 2.05) is 0 Å². The maximum atomic E-state index is 6.49. The molecule has 21 heavy (non-hydrogen) atoms. The van der Waals surface area contributed by atoms with Crippen molar-refractivity contribution in [2.45, 2.75) is 79.3 Å². The van der Waals surface area contributed by atoms with Gasteiger partial charge >= 0.3 is 0 Å². The molecule has 2 nitrogen and oxygen atoms in total. The molecule has 0 bridgehead atoms. The fraction of sp³-hybridized carbons (Fsp3) is 1.00. The normalized spacial score (nSPS) is 43.0. The van der Waals surface area contributed by atoms with Crippen LogP contribution >= 0.6 is 0 Å². The van der Waals surface area contributed by atoms with Gasteiger partial charge in [0.15, 0.2) is 0 Å². The van der Waals surface area contributed by atoms with Gasteiger partial charge in [-0.05, 0) is 61.7 Å². The molecule has 124 valence electrons. The zero-order valence-corrected chi connectivity index (χ0v) is 15.2. The van der Waals surface area contributed by atoms with E-state index in [1.165, 1.54) is 38.8 Å². The Morgan fingerprint density at radius 1 is 1.05 bits per heavy atom. The summed E-state index contributed by atoms with van der Waals surface area (Å²) < 4.78 is 0. The Labute approximate surface area is 132 Å². The van der Waals surface area contributed by atoms with Crippen molar-refractivity contribution < 1.29 is 0 Å². The number of likely N-dealkylation sites (tertiary alicyclic amines) is 1. The fourth-order valence-electron chi connectivity index (χ4n) is 4.66. The van der Waals surface area contributed by atoms with Crippen molar-refractivity contribution >= 4 is 0 Å². The third-order valence-electron chi connectivity index (χ3n) is 6.45. The molecule has 6 atom stereocenters. The molecular weight excluding hydrogens is 256 g/mol. The van der Waals surface area contributed by atoms with Crippen molar-refractivity contribution in [2.75, 3.05) is 13.1 Å². The second-order valence-electron chi connectivity index (χ2n) is 9.31. The maximum Gasteiger partial charge on any atom is 0.00929 e. The van der Waals surface area contributed by atoms with Crippen LogP contribution in [0.4, 0.5) is 0 Å². The molecule has 1 saturated carbocycles. The second-order valence-corrected chi connectivity index (χ2v) is 9.31. The summed E-state index contributed by atoms with van der Waals surface area (Å²) in [6, 6.07) is 1.15. The molecule has 2 aliphatic rings. The highest BCUT2D eigenvalue weighted by atomic mass is 15.2. The van der Waals surface area contributed by atoms with Gasteiger partial charge in [-0.3, -0.25) is 4.90 Å². The molecule has 2 rings (SSSR count). The number of hydrogen-bond acceptors (Lipinski definition) is 2. The van der Waals surface area contributed by atoms with E-state index < -0.39 is 0 Å². The summed E-state index contributed by atoms with van der Waals surface area (Å²) in [6.07, 6.45) is 5.26. The molecule has 0 aromatic carbocycles. The lowest BCUT2D eigenvalue weighted by Crippen LogP contribution is -2.51. The minimum atomic E-state index is 0.420. The van der Waals surface area contributed by atoms with Crippen molar-refractivity contribution in [1.82, 2.24) is 4.90 Å². The summed E-state index contributed by atoms with van der Waals surface area (Å²) >= 11 is 0. The van der Waals surface area contributed by atoms with E-state index in [0.29, 0.717) is 17.4 Å². The lowest BCUT2D eigenvalue weighted by atomic mass is 9.67. The molecule has 1 aliphatic carbocycles. The van der Waals surface area contributed by atoms with Crippen LogP contribution in [-0.2, 0) is 0 Å². The summed E-state index contributed by atoms with van der Waals surface area (Å²) in [4.78, 5) is 2.74. The maximum absolute atomic E-state index is 6.49. The first-order valence-electron chi connectivity index (χ1n) is 9.18. The van der Waals surface area contributed by atoms with Gasteiger partial charge in [-0.25, -0.2) is 0 Å². The molecule has 6 unspecified atom stereocenters. The molecule has 2 N–H and O–H groups in total. The smallest absolute Gasteiger partial charge is 0.00929 e. The molecule has 1 saturated heterocycles. The summed E-state index contributed by atoms with van der Waals surface area (Å²) in [7, 11) is 0. The zero-order chi connectivity index (χ0) is 15.8. The zero-order valence-electron chi connectivity index (χ0n) is 15.2. The number of nitrogens with two attached hydrogens (primary N) is 1. The predicted molar refractivity (Wildman–Crippen MR) is 92.2 cm³/mol. The summed E-state index contributed by atoms with van der Waals surface area (Å²) in [6.45, 7) is 17.0. The lowest BCUT2D eigenvalue weighted by molar-refractivity contribution is 0.0369. The van der Waals surface area contributed by atoms with Crippen LogP contribution in [0.3, 0.4) is 0 Å². The van der Waals surface area contributed by atoms with Gasteiger partial charge in [0.1, 0.15) is 0 Å². The van der Waals surface area contributed by atoms with E-state index in [2.05, 4.69) is 46.4 Å². The Kier molecular flexibility index (Phi) is 5.41. The molecule has 2 fully saturated rings. The first kappa shape index (κ1) is 17.3. The van der Waals surface area contributed by atoms with Gasteiger partial charge < -0.3 is 5.73 Å². The molecule has 0 aromatic heterocycles. The number of nitrogens with zero attached hydrogens (tertiary/aromatic N) is 1. The highest BCUT2D eigenvalue weighted by Crippen LogP contribution is 2.40. The molecule has 1 heterocycles. The summed E-state index contributed by atoms with van der Waals surface area (Å²) in [5, 5.41) is 0. The van der Waals surface area contributed by atoms with Gasteiger partial charge in [0.25, 0.3) is 0 Å². The topological polar surface area (TPSA) is 29.3 Å².